The van der Waals surface area contributed by atoms with E-state index in [0.29, 0.717) is 12.8 Å². The highest BCUT2D eigenvalue weighted by Gasteiger charge is 2.54. The fraction of sp³-hybridized carbons (Fsp3) is 0.667. The van der Waals surface area contributed by atoms with Gasteiger partial charge in [0.1, 0.15) is 0 Å². The van der Waals surface area contributed by atoms with E-state index in [0.717, 1.165) is 36.4 Å². The van der Waals surface area contributed by atoms with Crippen molar-refractivity contribution in [2.75, 3.05) is 11.9 Å². The average molecular weight is 381 g/mol. The highest BCUT2D eigenvalue weighted by molar-refractivity contribution is 5.96. The predicted molar refractivity (Wildman–Crippen MR) is 110 cm³/mol. The van der Waals surface area contributed by atoms with Gasteiger partial charge in [0.2, 0.25) is 11.8 Å². The normalized spacial score (nSPS) is 35.4. The lowest BCUT2D eigenvalue weighted by Gasteiger charge is -2.60. The minimum Gasteiger partial charge on any atom is -0.337 e. The number of anilines is 1. The van der Waals surface area contributed by atoms with Crippen molar-refractivity contribution in [1.82, 2.24) is 4.90 Å². The molecule has 2 amide bonds. The zero-order valence-corrected chi connectivity index (χ0v) is 17.0. The summed E-state index contributed by atoms with van der Waals surface area (Å²) < 4.78 is 0. The quantitative estimate of drug-likeness (QED) is 0.823. The van der Waals surface area contributed by atoms with Crippen LogP contribution in [0.25, 0.3) is 0 Å². The van der Waals surface area contributed by atoms with E-state index in [2.05, 4.69) is 23.2 Å². The zero-order valence-electron chi connectivity index (χ0n) is 17.0. The Hall–Kier alpha value is -1.84. The van der Waals surface area contributed by atoms with Crippen molar-refractivity contribution in [3.63, 3.8) is 0 Å². The predicted octanol–water partition coefficient (Wildman–Crippen LogP) is 4.39. The maximum absolute atomic E-state index is 13.3. The van der Waals surface area contributed by atoms with Crippen LogP contribution in [0.4, 0.5) is 5.69 Å². The number of hydrogen-bond acceptors (Lipinski definition) is 2. The Kier molecular flexibility index (Phi) is 4.48. The first-order chi connectivity index (χ1) is 13.6. The number of rotatable bonds is 5. The average Bonchev–Trinajstić information content (AvgIpc) is 2.65. The number of nitrogens with zero attached hydrogens (tertiary/aromatic N) is 1. The van der Waals surface area contributed by atoms with Gasteiger partial charge < -0.3 is 10.2 Å². The van der Waals surface area contributed by atoms with Crippen molar-refractivity contribution >= 4 is 17.5 Å². The molecule has 4 heteroatoms. The van der Waals surface area contributed by atoms with Crippen LogP contribution >= 0.6 is 0 Å². The third-order valence-corrected chi connectivity index (χ3v) is 8.01. The van der Waals surface area contributed by atoms with E-state index in [1.165, 1.54) is 44.1 Å². The van der Waals surface area contributed by atoms with Gasteiger partial charge in [-0.25, -0.2) is 0 Å². The molecular formula is C24H32N2O2. The molecule has 0 unspecified atom stereocenters. The summed E-state index contributed by atoms with van der Waals surface area (Å²) in [6.07, 6.45) is 9.74. The van der Waals surface area contributed by atoms with E-state index in [1.807, 2.05) is 18.2 Å². The number of para-hydroxylation sites is 1. The zero-order chi connectivity index (χ0) is 19.3. The molecule has 6 rings (SSSR count). The topological polar surface area (TPSA) is 49.4 Å². The van der Waals surface area contributed by atoms with Crippen LogP contribution in [0.2, 0.25) is 0 Å². The molecular weight excluding hydrogens is 348 g/mol. The van der Waals surface area contributed by atoms with Gasteiger partial charge >= 0.3 is 0 Å². The summed E-state index contributed by atoms with van der Waals surface area (Å²) in [7, 11) is 0. The van der Waals surface area contributed by atoms with E-state index in [-0.39, 0.29) is 23.3 Å². The second-order valence-electron chi connectivity index (χ2n) is 9.87. The van der Waals surface area contributed by atoms with E-state index in [4.69, 9.17) is 0 Å². The molecule has 4 saturated carbocycles. The molecule has 1 aromatic rings. The van der Waals surface area contributed by atoms with Crippen LogP contribution in [0.15, 0.2) is 24.3 Å². The lowest BCUT2D eigenvalue weighted by Crippen LogP contribution is -2.61. The molecule has 28 heavy (non-hydrogen) atoms. The second-order valence-corrected chi connectivity index (χ2v) is 9.87. The molecule has 5 aliphatic rings. The molecule has 1 N–H and O–H groups in total. The van der Waals surface area contributed by atoms with Crippen molar-refractivity contribution in [3.05, 3.63) is 29.8 Å². The number of carbonyl (C=O) groups excluding carboxylic acids is 2. The molecule has 1 atom stereocenters. The van der Waals surface area contributed by atoms with Gasteiger partial charge in [-0.3, -0.25) is 9.59 Å². The monoisotopic (exact) mass is 380 g/mol. The Morgan fingerprint density at radius 2 is 1.75 bits per heavy atom. The van der Waals surface area contributed by atoms with Crippen molar-refractivity contribution in [2.45, 2.75) is 70.3 Å². The Morgan fingerprint density at radius 3 is 2.39 bits per heavy atom. The minimum absolute atomic E-state index is 0.0735. The fourth-order valence-corrected chi connectivity index (χ4v) is 7.25. The van der Waals surface area contributed by atoms with Gasteiger partial charge in [0.15, 0.2) is 0 Å². The molecule has 0 saturated heterocycles. The van der Waals surface area contributed by atoms with Gasteiger partial charge in [-0.1, -0.05) is 18.2 Å². The summed E-state index contributed by atoms with van der Waals surface area (Å²) in [5.74, 6) is 2.78. The number of benzene rings is 1. The van der Waals surface area contributed by atoms with Crippen LogP contribution < -0.4 is 5.32 Å². The van der Waals surface area contributed by atoms with E-state index in [9.17, 15) is 9.59 Å². The molecule has 150 valence electrons. The van der Waals surface area contributed by atoms with Crippen LogP contribution in [0, 0.1) is 23.7 Å². The van der Waals surface area contributed by atoms with E-state index in [1.54, 1.807) is 0 Å². The SMILES string of the molecule is CCN(C(=O)CC[C@@H]1Cc2ccccc2NC1=O)C12CC3CC(CC(C3)C1)C2. The molecule has 4 aliphatic carbocycles. The van der Waals surface area contributed by atoms with Gasteiger partial charge in [-0.15, -0.1) is 0 Å². The smallest absolute Gasteiger partial charge is 0.227 e. The Balaban J connectivity index is 1.26. The molecule has 4 nitrogen and oxygen atoms in total. The van der Waals surface area contributed by atoms with Crippen LogP contribution in [0.3, 0.4) is 0 Å². The summed E-state index contributed by atoms with van der Waals surface area (Å²) in [4.78, 5) is 28.0. The number of amides is 2. The minimum atomic E-state index is -0.0890. The first kappa shape index (κ1) is 18.2. The second kappa shape index (κ2) is 6.89. The molecule has 0 spiro atoms. The Bertz CT molecular complexity index is 751. The van der Waals surface area contributed by atoms with E-state index < -0.39 is 0 Å². The molecule has 4 bridgehead atoms. The largest absolute Gasteiger partial charge is 0.337 e. The maximum atomic E-state index is 13.3. The van der Waals surface area contributed by atoms with Crippen LogP contribution in [-0.2, 0) is 16.0 Å². The van der Waals surface area contributed by atoms with Gasteiger partial charge in [-0.05, 0) is 87.7 Å². The number of nitrogens with one attached hydrogen (secondary N) is 1. The first-order valence-electron chi connectivity index (χ1n) is 11.3. The third-order valence-electron chi connectivity index (χ3n) is 8.01. The summed E-state index contributed by atoms with van der Waals surface area (Å²) in [5.41, 5.74) is 2.24. The Labute approximate surface area is 168 Å². The van der Waals surface area contributed by atoms with Crippen molar-refractivity contribution < 1.29 is 9.59 Å². The molecule has 1 heterocycles. The number of carbonyl (C=O) groups is 2. The van der Waals surface area contributed by atoms with Gasteiger partial charge in [0, 0.05) is 30.1 Å². The molecule has 0 radical (unpaired) electrons. The van der Waals surface area contributed by atoms with Crippen LogP contribution in [-0.4, -0.2) is 28.8 Å². The van der Waals surface area contributed by atoms with Crippen molar-refractivity contribution in [1.29, 1.82) is 0 Å². The lowest BCUT2D eigenvalue weighted by molar-refractivity contribution is -0.150. The number of hydrogen-bond donors (Lipinski definition) is 1. The van der Waals surface area contributed by atoms with Crippen LogP contribution in [0.1, 0.15) is 63.9 Å². The maximum Gasteiger partial charge on any atom is 0.227 e. The number of fused-ring (bicyclic) bond motifs is 1. The van der Waals surface area contributed by atoms with Gasteiger partial charge in [0.25, 0.3) is 0 Å². The summed E-state index contributed by atoms with van der Waals surface area (Å²) >= 11 is 0. The van der Waals surface area contributed by atoms with Gasteiger partial charge in [0.05, 0.1) is 0 Å². The summed E-state index contributed by atoms with van der Waals surface area (Å²) in [6, 6.07) is 8.01. The molecule has 1 aromatic carbocycles. The summed E-state index contributed by atoms with van der Waals surface area (Å²) in [5, 5.41) is 3.02. The first-order valence-corrected chi connectivity index (χ1v) is 11.3. The highest BCUT2D eigenvalue weighted by Crippen LogP contribution is 2.57. The summed E-state index contributed by atoms with van der Waals surface area (Å²) in [6.45, 7) is 2.95. The lowest BCUT2D eigenvalue weighted by atomic mass is 9.52. The Morgan fingerprint density at radius 1 is 1.11 bits per heavy atom. The van der Waals surface area contributed by atoms with Crippen LogP contribution in [0.5, 0.6) is 0 Å². The molecule has 4 fully saturated rings. The van der Waals surface area contributed by atoms with E-state index >= 15 is 0 Å². The van der Waals surface area contributed by atoms with Crippen molar-refractivity contribution in [2.24, 2.45) is 23.7 Å². The standard InChI is InChI=1S/C24H32N2O2/c1-2-26(24-13-16-9-17(14-24)11-18(10-16)15-24)22(27)8-7-20-12-19-5-3-4-6-21(19)25-23(20)28/h3-6,16-18,20H,2,7-15H2,1H3,(H,25,28)/t16?,17?,18?,20-,24?/m1/s1. The van der Waals surface area contributed by atoms with Crippen molar-refractivity contribution in [3.8, 4) is 0 Å². The molecule has 0 aromatic heterocycles. The third kappa shape index (κ3) is 3.05. The fourth-order valence-electron chi connectivity index (χ4n) is 7.25. The highest BCUT2D eigenvalue weighted by atomic mass is 16.2. The van der Waals surface area contributed by atoms with Gasteiger partial charge in [-0.2, -0.15) is 0 Å². The molecule has 1 aliphatic heterocycles.